The van der Waals surface area contributed by atoms with Crippen LogP contribution in [0.15, 0.2) is 72.8 Å². The van der Waals surface area contributed by atoms with E-state index in [-0.39, 0.29) is 12.0 Å². The second kappa shape index (κ2) is 10.6. The van der Waals surface area contributed by atoms with Crippen LogP contribution in [0.3, 0.4) is 0 Å². The molecule has 35 heavy (non-hydrogen) atoms. The van der Waals surface area contributed by atoms with Gasteiger partial charge in [-0.1, -0.05) is 12.1 Å². The van der Waals surface area contributed by atoms with Gasteiger partial charge in [-0.05, 0) is 66.2 Å². The maximum absolute atomic E-state index is 12.7. The summed E-state index contributed by atoms with van der Waals surface area (Å²) in [5.41, 5.74) is 5.46. The number of amides is 1. The number of piperazine rings is 1. The van der Waals surface area contributed by atoms with E-state index in [4.69, 9.17) is 10.00 Å². The van der Waals surface area contributed by atoms with Crippen molar-refractivity contribution in [1.29, 1.82) is 5.26 Å². The third kappa shape index (κ3) is 5.46. The number of benzene rings is 3. The van der Waals surface area contributed by atoms with E-state index in [1.54, 1.807) is 0 Å². The van der Waals surface area contributed by atoms with Gasteiger partial charge in [0.2, 0.25) is 0 Å². The zero-order valence-corrected chi connectivity index (χ0v) is 19.6. The lowest BCUT2D eigenvalue weighted by atomic mass is 10.1. The average Bonchev–Trinajstić information content (AvgIpc) is 2.94. The van der Waals surface area contributed by atoms with E-state index in [1.165, 1.54) is 0 Å². The Labute approximate surface area is 205 Å². The summed E-state index contributed by atoms with van der Waals surface area (Å²) in [6, 6.07) is 25.6. The van der Waals surface area contributed by atoms with Gasteiger partial charge in [0, 0.05) is 61.9 Å². The first-order valence-corrected chi connectivity index (χ1v) is 12.0. The van der Waals surface area contributed by atoms with Crippen LogP contribution in [0.5, 0.6) is 0 Å². The molecule has 2 aliphatic rings. The van der Waals surface area contributed by atoms with Crippen molar-refractivity contribution in [1.82, 2.24) is 5.32 Å². The molecule has 1 atom stereocenters. The Morgan fingerprint density at radius 3 is 2.03 bits per heavy atom. The predicted octanol–water partition coefficient (Wildman–Crippen LogP) is 3.80. The molecule has 0 aliphatic carbocycles. The number of carbonyl (C=O) groups is 1. The second-order valence-electron chi connectivity index (χ2n) is 8.82. The summed E-state index contributed by atoms with van der Waals surface area (Å²) in [4.78, 5) is 17.4. The number of morpholine rings is 1. The molecular formula is C28H29N5O2. The third-order valence-corrected chi connectivity index (χ3v) is 6.60. The van der Waals surface area contributed by atoms with Gasteiger partial charge in [-0.15, -0.1) is 0 Å². The van der Waals surface area contributed by atoms with Crippen molar-refractivity contribution < 1.29 is 9.53 Å². The van der Waals surface area contributed by atoms with Crippen LogP contribution in [0, 0.1) is 11.3 Å². The molecule has 2 fully saturated rings. The van der Waals surface area contributed by atoms with Crippen LogP contribution in [0.25, 0.3) is 0 Å². The van der Waals surface area contributed by atoms with Gasteiger partial charge >= 0.3 is 0 Å². The number of nitrogens with zero attached hydrogens (tertiary/aromatic N) is 3. The molecule has 0 bridgehead atoms. The Bertz CT molecular complexity index is 1170. The summed E-state index contributed by atoms with van der Waals surface area (Å²) in [6.07, 6.45) is 0.0411. The minimum atomic E-state index is -0.122. The van der Waals surface area contributed by atoms with E-state index in [2.05, 4.69) is 38.6 Å². The molecule has 0 aromatic heterocycles. The quantitative estimate of drug-likeness (QED) is 0.594. The molecule has 1 amide bonds. The average molecular weight is 468 g/mol. The molecule has 0 saturated carbocycles. The SMILES string of the molecule is N#Cc1ccc(N2CCN(c3ccc(NC(=O)c4ccc(C5CNCCO5)cc4)cc3)CC2)cc1. The van der Waals surface area contributed by atoms with Gasteiger partial charge < -0.3 is 25.2 Å². The van der Waals surface area contributed by atoms with Crippen molar-refractivity contribution in [3.05, 3.63) is 89.5 Å². The predicted molar refractivity (Wildman–Crippen MR) is 138 cm³/mol. The lowest BCUT2D eigenvalue weighted by Gasteiger charge is -2.37. The zero-order chi connectivity index (χ0) is 24.0. The number of rotatable bonds is 5. The van der Waals surface area contributed by atoms with Crippen LogP contribution >= 0.6 is 0 Å². The number of nitrogens with one attached hydrogen (secondary N) is 2. The fraction of sp³-hybridized carbons (Fsp3) is 0.286. The first-order chi connectivity index (χ1) is 17.2. The Kier molecular flexibility index (Phi) is 6.94. The zero-order valence-electron chi connectivity index (χ0n) is 19.6. The number of hydrogen-bond donors (Lipinski definition) is 2. The summed E-state index contributed by atoms with van der Waals surface area (Å²) in [7, 11) is 0. The molecule has 7 nitrogen and oxygen atoms in total. The van der Waals surface area contributed by atoms with Crippen LogP contribution < -0.4 is 20.4 Å². The minimum absolute atomic E-state index is 0.0411. The first kappa shape index (κ1) is 22.9. The number of ether oxygens (including phenoxy) is 1. The molecule has 7 heteroatoms. The summed E-state index contributed by atoms with van der Waals surface area (Å²) in [5, 5.41) is 15.3. The van der Waals surface area contributed by atoms with Crippen molar-refractivity contribution in [3.63, 3.8) is 0 Å². The maximum Gasteiger partial charge on any atom is 0.255 e. The highest BCUT2D eigenvalue weighted by atomic mass is 16.5. The fourth-order valence-electron chi connectivity index (χ4n) is 4.56. The number of hydrogen-bond acceptors (Lipinski definition) is 6. The van der Waals surface area contributed by atoms with E-state index in [1.807, 2.05) is 60.7 Å². The molecule has 178 valence electrons. The topological polar surface area (TPSA) is 80.6 Å². The molecular weight excluding hydrogens is 438 g/mol. The van der Waals surface area contributed by atoms with Gasteiger partial charge in [0.25, 0.3) is 5.91 Å². The van der Waals surface area contributed by atoms with E-state index >= 15 is 0 Å². The lowest BCUT2D eigenvalue weighted by Crippen LogP contribution is -2.46. The molecule has 0 radical (unpaired) electrons. The van der Waals surface area contributed by atoms with Gasteiger partial charge in [-0.3, -0.25) is 4.79 Å². The molecule has 2 aliphatic heterocycles. The van der Waals surface area contributed by atoms with Crippen molar-refractivity contribution in [2.24, 2.45) is 0 Å². The largest absolute Gasteiger partial charge is 0.371 e. The molecule has 3 aromatic rings. The van der Waals surface area contributed by atoms with E-state index in [9.17, 15) is 4.79 Å². The molecule has 2 saturated heterocycles. The van der Waals surface area contributed by atoms with Crippen LogP contribution in [0.2, 0.25) is 0 Å². The highest BCUT2D eigenvalue weighted by Crippen LogP contribution is 2.23. The minimum Gasteiger partial charge on any atom is -0.371 e. The van der Waals surface area contributed by atoms with Crippen molar-refractivity contribution in [2.75, 3.05) is 61.0 Å². The van der Waals surface area contributed by atoms with Gasteiger partial charge in [-0.2, -0.15) is 5.26 Å². The molecule has 3 aromatic carbocycles. The highest BCUT2D eigenvalue weighted by Gasteiger charge is 2.18. The molecule has 2 N–H and O–H groups in total. The van der Waals surface area contributed by atoms with E-state index in [0.717, 1.165) is 61.9 Å². The number of anilines is 3. The number of nitriles is 1. The van der Waals surface area contributed by atoms with Gasteiger partial charge in [0.05, 0.1) is 24.3 Å². The summed E-state index contributed by atoms with van der Waals surface area (Å²) >= 11 is 0. The number of carbonyl (C=O) groups excluding carboxylic acids is 1. The Morgan fingerprint density at radius 1 is 0.886 bits per heavy atom. The summed E-state index contributed by atoms with van der Waals surface area (Å²) in [5.74, 6) is -0.122. The molecule has 5 rings (SSSR count). The Hall–Kier alpha value is -3.86. The van der Waals surface area contributed by atoms with Crippen LogP contribution in [0.4, 0.5) is 17.1 Å². The summed E-state index contributed by atoms with van der Waals surface area (Å²) < 4.78 is 5.78. The standard InChI is InChI=1S/C28H29N5O2/c29-19-21-1-9-25(10-2-21)32-14-16-33(17-15-32)26-11-7-24(8-12-26)31-28(34)23-5-3-22(4-6-23)27-20-30-13-18-35-27/h1-12,27,30H,13-18,20H2,(H,31,34). The van der Waals surface area contributed by atoms with Crippen LogP contribution in [-0.4, -0.2) is 51.8 Å². The normalized spacial score (nSPS) is 18.1. The monoisotopic (exact) mass is 467 g/mol. The van der Waals surface area contributed by atoms with Gasteiger partial charge in [0.1, 0.15) is 0 Å². The third-order valence-electron chi connectivity index (χ3n) is 6.60. The Balaban J connectivity index is 1.14. The molecule has 2 heterocycles. The second-order valence-corrected chi connectivity index (χ2v) is 8.82. The van der Waals surface area contributed by atoms with Crippen molar-refractivity contribution in [3.8, 4) is 6.07 Å². The van der Waals surface area contributed by atoms with Crippen LogP contribution in [-0.2, 0) is 4.74 Å². The molecule has 0 spiro atoms. The lowest BCUT2D eigenvalue weighted by molar-refractivity contribution is 0.0277. The fourth-order valence-corrected chi connectivity index (χ4v) is 4.56. The maximum atomic E-state index is 12.7. The van der Waals surface area contributed by atoms with Gasteiger partial charge in [-0.25, -0.2) is 0 Å². The molecule has 1 unspecified atom stereocenters. The van der Waals surface area contributed by atoms with E-state index in [0.29, 0.717) is 17.7 Å². The van der Waals surface area contributed by atoms with Crippen molar-refractivity contribution in [2.45, 2.75) is 6.10 Å². The van der Waals surface area contributed by atoms with Crippen molar-refractivity contribution >= 4 is 23.0 Å². The summed E-state index contributed by atoms with van der Waals surface area (Å²) in [6.45, 7) is 6.05. The Morgan fingerprint density at radius 2 is 1.49 bits per heavy atom. The smallest absolute Gasteiger partial charge is 0.255 e. The van der Waals surface area contributed by atoms with Crippen LogP contribution in [0.1, 0.15) is 27.6 Å². The van der Waals surface area contributed by atoms with E-state index < -0.39 is 0 Å². The highest BCUT2D eigenvalue weighted by molar-refractivity contribution is 6.04. The van der Waals surface area contributed by atoms with Gasteiger partial charge in [0.15, 0.2) is 0 Å². The first-order valence-electron chi connectivity index (χ1n) is 12.0.